The lowest BCUT2D eigenvalue weighted by Gasteiger charge is -2.02. The molecule has 0 aromatic heterocycles. The molecule has 0 aliphatic carbocycles. The van der Waals surface area contributed by atoms with E-state index in [4.69, 9.17) is 9.84 Å². The van der Waals surface area contributed by atoms with Crippen LogP contribution in [0.15, 0.2) is 48.5 Å². The highest BCUT2D eigenvalue weighted by Gasteiger charge is 2.16. The van der Waals surface area contributed by atoms with Crippen LogP contribution in [0.3, 0.4) is 0 Å². The van der Waals surface area contributed by atoms with Crippen LogP contribution >= 0.6 is 0 Å². The van der Waals surface area contributed by atoms with Gasteiger partial charge in [0, 0.05) is 23.3 Å². The van der Waals surface area contributed by atoms with Crippen LogP contribution in [0.2, 0.25) is 0 Å². The molecule has 28 heavy (non-hydrogen) atoms. The molecule has 0 fully saturated rings. The van der Waals surface area contributed by atoms with Crippen molar-refractivity contribution in [3.05, 3.63) is 79.9 Å². The third-order valence-corrected chi connectivity index (χ3v) is 3.36. The number of ether oxygens (including phenoxy) is 1. The Morgan fingerprint density at radius 3 is 1.71 bits per heavy atom. The maximum atomic E-state index is 11.1. The molecule has 0 aliphatic heterocycles. The van der Waals surface area contributed by atoms with Crippen molar-refractivity contribution in [2.45, 2.75) is 19.8 Å². The first-order valence-corrected chi connectivity index (χ1v) is 8.08. The second-order valence-electron chi connectivity index (χ2n) is 5.32. The molecule has 2 aromatic carbocycles. The van der Waals surface area contributed by atoms with Crippen molar-refractivity contribution in [1.82, 2.24) is 0 Å². The molecule has 2 rings (SSSR count). The molecule has 1 N–H and O–H groups in total. The first-order chi connectivity index (χ1) is 13.3. The van der Waals surface area contributed by atoms with Crippen molar-refractivity contribution in [1.29, 1.82) is 0 Å². The van der Waals surface area contributed by atoms with E-state index in [9.17, 15) is 29.8 Å². The van der Waals surface area contributed by atoms with E-state index in [0.717, 1.165) is 0 Å². The van der Waals surface area contributed by atoms with E-state index >= 15 is 0 Å². The SMILES string of the molecule is CCOC(=O)Cc1ccccc1[N+](=O)[O-].O=C(O)Cc1ccccc1[N+](=O)[O-]. The predicted octanol–water partition coefficient (Wildman–Crippen LogP) is 2.92. The molecule has 2 aromatic rings. The standard InChI is InChI=1S/C10H11NO4.C8H7NO4/c1-2-15-10(12)7-8-5-3-4-6-9(8)11(13)14;10-8(11)5-6-3-1-2-4-7(6)9(12)13/h3-6H,2,7H2,1H3;1-4H,5H2,(H,10,11). The largest absolute Gasteiger partial charge is 0.481 e. The molecule has 0 radical (unpaired) electrons. The summed E-state index contributed by atoms with van der Waals surface area (Å²) in [5.41, 5.74) is 0.399. The predicted molar refractivity (Wildman–Crippen MR) is 97.9 cm³/mol. The average molecular weight is 390 g/mol. The quantitative estimate of drug-likeness (QED) is 0.430. The lowest BCUT2D eigenvalue weighted by atomic mass is 10.1. The molecule has 0 bridgehead atoms. The summed E-state index contributed by atoms with van der Waals surface area (Å²) in [6.45, 7) is 1.97. The fraction of sp³-hybridized carbons (Fsp3) is 0.222. The Labute approximate surface area is 159 Å². The number of nitrogens with zero attached hydrogens (tertiary/aromatic N) is 2. The zero-order valence-electron chi connectivity index (χ0n) is 14.9. The van der Waals surface area contributed by atoms with Crippen molar-refractivity contribution >= 4 is 23.3 Å². The van der Waals surface area contributed by atoms with Gasteiger partial charge < -0.3 is 9.84 Å². The van der Waals surface area contributed by atoms with E-state index < -0.39 is 21.8 Å². The van der Waals surface area contributed by atoms with E-state index in [1.807, 2.05) is 0 Å². The Morgan fingerprint density at radius 1 is 0.893 bits per heavy atom. The highest BCUT2D eigenvalue weighted by Crippen LogP contribution is 2.18. The second-order valence-corrected chi connectivity index (χ2v) is 5.32. The second kappa shape index (κ2) is 11.0. The molecule has 0 unspecified atom stereocenters. The maximum absolute atomic E-state index is 11.1. The Kier molecular flexibility index (Phi) is 8.74. The topological polar surface area (TPSA) is 150 Å². The van der Waals surface area contributed by atoms with Gasteiger partial charge in [0.05, 0.1) is 29.3 Å². The monoisotopic (exact) mass is 390 g/mol. The molecular formula is C18H18N2O8. The van der Waals surface area contributed by atoms with Crippen LogP contribution in [-0.4, -0.2) is 33.5 Å². The van der Waals surface area contributed by atoms with Gasteiger partial charge in [-0.3, -0.25) is 29.8 Å². The molecule has 148 valence electrons. The molecule has 0 aliphatic rings. The van der Waals surface area contributed by atoms with Gasteiger partial charge >= 0.3 is 11.9 Å². The fourth-order valence-corrected chi connectivity index (χ4v) is 2.21. The van der Waals surface area contributed by atoms with Crippen LogP contribution < -0.4 is 0 Å². The smallest absolute Gasteiger partial charge is 0.310 e. The first kappa shape index (κ1) is 22.2. The number of hydrogen-bond acceptors (Lipinski definition) is 7. The molecule has 0 saturated carbocycles. The molecular weight excluding hydrogens is 372 g/mol. The maximum Gasteiger partial charge on any atom is 0.310 e. The molecule has 10 heteroatoms. The molecule has 10 nitrogen and oxygen atoms in total. The first-order valence-electron chi connectivity index (χ1n) is 8.08. The van der Waals surface area contributed by atoms with E-state index in [2.05, 4.69) is 0 Å². The van der Waals surface area contributed by atoms with Crippen molar-refractivity contribution in [3.63, 3.8) is 0 Å². The van der Waals surface area contributed by atoms with Gasteiger partial charge in [-0.1, -0.05) is 36.4 Å². The molecule has 0 atom stereocenters. The third kappa shape index (κ3) is 7.20. The Balaban J connectivity index is 0.000000283. The number of rotatable bonds is 7. The van der Waals surface area contributed by atoms with Gasteiger partial charge in [-0.05, 0) is 6.92 Å². The number of para-hydroxylation sites is 2. The number of nitro benzene ring substituents is 2. The van der Waals surface area contributed by atoms with Gasteiger partial charge in [0.15, 0.2) is 0 Å². The minimum Gasteiger partial charge on any atom is -0.481 e. The number of esters is 1. The number of carboxylic acid groups (broad SMARTS) is 1. The number of aliphatic carboxylic acids is 1. The number of nitro groups is 2. The summed E-state index contributed by atoms with van der Waals surface area (Å²) in [4.78, 5) is 41.4. The van der Waals surface area contributed by atoms with E-state index in [1.165, 1.54) is 24.3 Å². The van der Waals surface area contributed by atoms with Gasteiger partial charge in [-0.25, -0.2) is 0 Å². The summed E-state index contributed by atoms with van der Waals surface area (Å²) in [6, 6.07) is 11.9. The molecule has 0 spiro atoms. The zero-order chi connectivity index (χ0) is 21.1. The third-order valence-electron chi connectivity index (χ3n) is 3.36. The molecule has 0 saturated heterocycles. The zero-order valence-corrected chi connectivity index (χ0v) is 14.9. The Bertz CT molecular complexity index is 866. The fourth-order valence-electron chi connectivity index (χ4n) is 2.21. The van der Waals surface area contributed by atoms with Crippen LogP contribution in [-0.2, 0) is 27.2 Å². The van der Waals surface area contributed by atoms with Crippen molar-refractivity contribution in [2.24, 2.45) is 0 Å². The van der Waals surface area contributed by atoms with Crippen molar-refractivity contribution < 1.29 is 29.3 Å². The lowest BCUT2D eigenvalue weighted by Crippen LogP contribution is -2.08. The normalized spacial score (nSPS) is 9.61. The number of hydrogen-bond donors (Lipinski definition) is 1. The van der Waals surface area contributed by atoms with Crippen LogP contribution in [0.4, 0.5) is 11.4 Å². The van der Waals surface area contributed by atoms with Crippen LogP contribution in [0, 0.1) is 20.2 Å². The van der Waals surface area contributed by atoms with E-state index in [-0.39, 0.29) is 36.4 Å². The molecule has 0 heterocycles. The number of carboxylic acids is 1. The van der Waals surface area contributed by atoms with Crippen LogP contribution in [0.5, 0.6) is 0 Å². The summed E-state index contributed by atoms with van der Waals surface area (Å²) in [6.07, 6.45) is -0.387. The van der Waals surface area contributed by atoms with Gasteiger partial charge in [-0.15, -0.1) is 0 Å². The minimum atomic E-state index is -1.07. The minimum absolute atomic E-state index is 0.0504. The summed E-state index contributed by atoms with van der Waals surface area (Å²) >= 11 is 0. The summed E-state index contributed by atoms with van der Waals surface area (Å²) in [5.74, 6) is -1.53. The number of benzene rings is 2. The van der Waals surface area contributed by atoms with E-state index in [0.29, 0.717) is 5.56 Å². The van der Waals surface area contributed by atoms with E-state index in [1.54, 1.807) is 31.2 Å². The van der Waals surface area contributed by atoms with Gasteiger partial charge in [-0.2, -0.15) is 0 Å². The highest BCUT2D eigenvalue weighted by molar-refractivity contribution is 5.74. The Hall–Kier alpha value is -3.82. The summed E-state index contributed by atoms with van der Waals surface area (Å²) in [5, 5.41) is 29.5. The van der Waals surface area contributed by atoms with Crippen molar-refractivity contribution in [2.75, 3.05) is 6.61 Å². The molecule has 0 amide bonds. The number of carbonyl (C=O) groups excluding carboxylic acids is 1. The number of carbonyl (C=O) groups is 2. The average Bonchev–Trinajstić information content (AvgIpc) is 2.62. The van der Waals surface area contributed by atoms with Crippen LogP contribution in [0.25, 0.3) is 0 Å². The summed E-state index contributed by atoms with van der Waals surface area (Å²) in [7, 11) is 0. The van der Waals surface area contributed by atoms with Gasteiger partial charge in [0.1, 0.15) is 0 Å². The van der Waals surface area contributed by atoms with Crippen LogP contribution in [0.1, 0.15) is 18.1 Å². The van der Waals surface area contributed by atoms with Crippen molar-refractivity contribution in [3.8, 4) is 0 Å². The highest BCUT2D eigenvalue weighted by atomic mass is 16.6. The van der Waals surface area contributed by atoms with Gasteiger partial charge in [0.2, 0.25) is 0 Å². The van der Waals surface area contributed by atoms with Gasteiger partial charge in [0.25, 0.3) is 11.4 Å². The Morgan fingerprint density at radius 2 is 1.32 bits per heavy atom. The lowest BCUT2D eigenvalue weighted by molar-refractivity contribution is -0.385. The summed E-state index contributed by atoms with van der Waals surface area (Å²) < 4.78 is 4.72.